The van der Waals surface area contributed by atoms with Crippen LogP contribution >= 0.6 is 23.2 Å². The number of hydrogen-bond acceptors (Lipinski definition) is 1. The fourth-order valence-electron chi connectivity index (χ4n) is 2.51. The number of nitrogens with one attached hydrogen (secondary N) is 1. The molecule has 0 aliphatic carbocycles. The van der Waals surface area contributed by atoms with Gasteiger partial charge in [-0.15, -0.1) is 0 Å². The molecule has 0 spiro atoms. The maximum absolute atomic E-state index is 12.4. The predicted molar refractivity (Wildman–Crippen MR) is 98.1 cm³/mol. The number of nitrogens with zero attached hydrogens (tertiary/aromatic N) is 1. The highest BCUT2D eigenvalue weighted by Crippen LogP contribution is 2.25. The van der Waals surface area contributed by atoms with E-state index in [0.717, 1.165) is 11.3 Å². The summed E-state index contributed by atoms with van der Waals surface area (Å²) in [7, 11) is 0. The summed E-state index contributed by atoms with van der Waals surface area (Å²) in [6, 6.07) is 16.8. The van der Waals surface area contributed by atoms with Crippen LogP contribution in [0.2, 0.25) is 10.0 Å². The van der Waals surface area contributed by atoms with Gasteiger partial charge in [-0.3, -0.25) is 4.79 Å². The highest BCUT2D eigenvalue weighted by atomic mass is 35.5. The van der Waals surface area contributed by atoms with E-state index in [9.17, 15) is 4.79 Å². The predicted octanol–water partition coefficient (Wildman–Crippen LogP) is 5.28. The van der Waals surface area contributed by atoms with Crippen molar-refractivity contribution in [2.45, 2.75) is 13.0 Å². The largest absolute Gasteiger partial charge is 0.345 e. The number of carbonyl (C=O) groups is 1. The van der Waals surface area contributed by atoms with E-state index < -0.39 is 0 Å². The molecular formula is C19H16Cl2N2O. The van der Waals surface area contributed by atoms with Gasteiger partial charge < -0.3 is 9.88 Å². The third kappa shape index (κ3) is 3.48. The molecular weight excluding hydrogens is 343 g/mol. The Morgan fingerprint density at radius 1 is 0.958 bits per heavy atom. The molecule has 3 aromatic rings. The molecule has 24 heavy (non-hydrogen) atoms. The van der Waals surface area contributed by atoms with Gasteiger partial charge in [0, 0.05) is 18.1 Å². The van der Waals surface area contributed by atoms with E-state index in [4.69, 9.17) is 23.2 Å². The molecule has 0 saturated heterocycles. The normalized spacial score (nSPS) is 12.0. The zero-order chi connectivity index (χ0) is 17.1. The summed E-state index contributed by atoms with van der Waals surface area (Å²) in [5, 5.41) is 3.62. The lowest BCUT2D eigenvalue weighted by Gasteiger charge is -2.16. The third-order valence-corrected chi connectivity index (χ3v) is 4.46. The van der Waals surface area contributed by atoms with Crippen molar-refractivity contribution in [2.75, 3.05) is 0 Å². The summed E-state index contributed by atoms with van der Waals surface area (Å²) in [6.45, 7) is 1.92. The van der Waals surface area contributed by atoms with Crippen LogP contribution in [-0.4, -0.2) is 10.5 Å². The maximum Gasteiger partial charge on any atom is 0.254 e. The Kier molecular flexibility index (Phi) is 4.93. The molecule has 2 aromatic carbocycles. The summed E-state index contributed by atoms with van der Waals surface area (Å²) in [4.78, 5) is 12.4. The number of benzene rings is 2. The van der Waals surface area contributed by atoms with Crippen LogP contribution in [0.4, 0.5) is 0 Å². The van der Waals surface area contributed by atoms with Crippen LogP contribution in [0.15, 0.2) is 67.0 Å². The molecule has 122 valence electrons. The van der Waals surface area contributed by atoms with Crippen molar-refractivity contribution in [1.82, 2.24) is 9.88 Å². The lowest BCUT2D eigenvalue weighted by atomic mass is 10.1. The first-order chi connectivity index (χ1) is 11.6. The standard InChI is InChI=1S/C19H16Cl2N2O/c1-13(22-19(24)18-16(20)5-4-6-17(18)21)14-7-9-15(10-8-14)23-11-2-3-12-23/h2-13H,1H3,(H,22,24). The number of carbonyl (C=O) groups excluding carboxylic acids is 1. The topological polar surface area (TPSA) is 34.0 Å². The van der Waals surface area contributed by atoms with Crippen LogP contribution in [0, 0.1) is 0 Å². The molecule has 5 heteroatoms. The molecule has 3 rings (SSSR count). The van der Waals surface area contributed by atoms with Crippen molar-refractivity contribution in [3.8, 4) is 5.69 Å². The first-order valence-corrected chi connectivity index (χ1v) is 8.30. The van der Waals surface area contributed by atoms with Crippen LogP contribution in [0.5, 0.6) is 0 Å². The first-order valence-electron chi connectivity index (χ1n) is 7.54. The summed E-state index contributed by atoms with van der Waals surface area (Å²) in [6.07, 6.45) is 3.97. The second-order valence-corrected chi connectivity index (χ2v) is 6.29. The van der Waals surface area contributed by atoms with Crippen LogP contribution in [-0.2, 0) is 0 Å². The number of hydrogen-bond donors (Lipinski definition) is 1. The van der Waals surface area contributed by atoms with E-state index in [0.29, 0.717) is 15.6 Å². The van der Waals surface area contributed by atoms with Crippen LogP contribution in [0.3, 0.4) is 0 Å². The van der Waals surface area contributed by atoms with Crippen molar-refractivity contribution in [3.63, 3.8) is 0 Å². The molecule has 3 nitrogen and oxygen atoms in total. The molecule has 0 radical (unpaired) electrons. The quantitative estimate of drug-likeness (QED) is 0.676. The summed E-state index contributed by atoms with van der Waals surface area (Å²) in [5.74, 6) is -0.285. The van der Waals surface area contributed by atoms with Gasteiger partial charge in [-0.1, -0.05) is 41.4 Å². The zero-order valence-electron chi connectivity index (χ0n) is 13.0. The summed E-state index contributed by atoms with van der Waals surface area (Å²) in [5.41, 5.74) is 2.37. The molecule has 0 aliphatic heterocycles. The van der Waals surface area contributed by atoms with Gasteiger partial charge in [0.1, 0.15) is 0 Å². The van der Waals surface area contributed by atoms with Gasteiger partial charge in [0.15, 0.2) is 0 Å². The molecule has 0 bridgehead atoms. The van der Waals surface area contributed by atoms with Gasteiger partial charge in [-0.25, -0.2) is 0 Å². The fraction of sp³-hybridized carbons (Fsp3) is 0.105. The minimum absolute atomic E-state index is 0.163. The molecule has 0 aliphatic rings. The van der Waals surface area contributed by atoms with Gasteiger partial charge in [-0.05, 0) is 48.9 Å². The van der Waals surface area contributed by atoms with Gasteiger partial charge in [0.05, 0.1) is 21.7 Å². The van der Waals surface area contributed by atoms with Crippen molar-refractivity contribution < 1.29 is 4.79 Å². The van der Waals surface area contributed by atoms with Gasteiger partial charge in [-0.2, -0.15) is 0 Å². The Balaban J connectivity index is 1.75. The number of aromatic nitrogens is 1. The van der Waals surface area contributed by atoms with Crippen molar-refractivity contribution in [3.05, 3.63) is 88.2 Å². The SMILES string of the molecule is CC(NC(=O)c1c(Cl)cccc1Cl)c1ccc(-n2cccc2)cc1. The highest BCUT2D eigenvalue weighted by molar-refractivity contribution is 6.39. The Labute approximate surface area is 150 Å². The van der Waals surface area contributed by atoms with Gasteiger partial charge >= 0.3 is 0 Å². The minimum atomic E-state index is -0.285. The first kappa shape index (κ1) is 16.6. The molecule has 1 amide bonds. The van der Waals surface area contributed by atoms with E-state index >= 15 is 0 Å². The van der Waals surface area contributed by atoms with Crippen molar-refractivity contribution >= 4 is 29.1 Å². The second-order valence-electron chi connectivity index (χ2n) is 5.47. The summed E-state index contributed by atoms with van der Waals surface area (Å²) >= 11 is 12.2. The van der Waals surface area contributed by atoms with E-state index in [2.05, 4.69) is 5.32 Å². The average Bonchev–Trinajstić information content (AvgIpc) is 3.09. The van der Waals surface area contributed by atoms with Gasteiger partial charge in [0.25, 0.3) is 5.91 Å². The molecule has 1 N–H and O–H groups in total. The maximum atomic E-state index is 12.4. The molecule has 1 unspecified atom stereocenters. The lowest BCUT2D eigenvalue weighted by Crippen LogP contribution is -2.27. The van der Waals surface area contributed by atoms with E-state index in [1.165, 1.54) is 0 Å². The van der Waals surface area contributed by atoms with Crippen LogP contribution < -0.4 is 5.32 Å². The van der Waals surface area contributed by atoms with Crippen LogP contribution in [0.1, 0.15) is 28.9 Å². The smallest absolute Gasteiger partial charge is 0.254 e. The van der Waals surface area contributed by atoms with Crippen LogP contribution in [0.25, 0.3) is 5.69 Å². The van der Waals surface area contributed by atoms with Crippen molar-refractivity contribution in [1.29, 1.82) is 0 Å². The minimum Gasteiger partial charge on any atom is -0.345 e. The lowest BCUT2D eigenvalue weighted by molar-refractivity contribution is 0.0940. The molecule has 1 heterocycles. The molecule has 0 saturated carbocycles. The van der Waals surface area contributed by atoms with E-state index in [1.807, 2.05) is 60.3 Å². The van der Waals surface area contributed by atoms with Crippen molar-refractivity contribution in [2.24, 2.45) is 0 Å². The Morgan fingerprint density at radius 3 is 2.12 bits per heavy atom. The van der Waals surface area contributed by atoms with E-state index in [1.54, 1.807) is 18.2 Å². The molecule has 1 aromatic heterocycles. The molecule has 1 atom stereocenters. The Morgan fingerprint density at radius 2 is 1.54 bits per heavy atom. The monoisotopic (exact) mass is 358 g/mol. The molecule has 0 fully saturated rings. The second kappa shape index (κ2) is 7.12. The fourth-order valence-corrected chi connectivity index (χ4v) is 3.08. The highest BCUT2D eigenvalue weighted by Gasteiger charge is 2.17. The van der Waals surface area contributed by atoms with Gasteiger partial charge in [0.2, 0.25) is 0 Å². The number of amides is 1. The average molecular weight is 359 g/mol. The number of halogens is 2. The summed E-state index contributed by atoms with van der Waals surface area (Å²) < 4.78 is 2.02. The Hall–Kier alpha value is -2.23. The van der Waals surface area contributed by atoms with E-state index in [-0.39, 0.29) is 11.9 Å². The third-order valence-electron chi connectivity index (χ3n) is 3.83. The Bertz CT molecular complexity index is 822. The number of rotatable bonds is 4. The zero-order valence-corrected chi connectivity index (χ0v) is 14.6.